The highest BCUT2D eigenvalue weighted by molar-refractivity contribution is 5.27. The SMILES string of the molecule is [2H]c1cc(C(C)C)cc(C(C)C)c1. The molecule has 0 unspecified atom stereocenters. The van der Waals surface area contributed by atoms with E-state index in [-0.39, 0.29) is 0 Å². The fraction of sp³-hybridized carbons (Fsp3) is 0.500. The molecular weight excluding hydrogens is 144 g/mol. The zero-order chi connectivity index (χ0) is 10.0. The maximum atomic E-state index is 7.66. The minimum absolute atomic E-state index is 0.516. The van der Waals surface area contributed by atoms with Gasteiger partial charge in [0.05, 0.1) is 1.37 Å². The molecule has 66 valence electrons. The summed E-state index contributed by atoms with van der Waals surface area (Å²) in [6.45, 7) is 8.66. The summed E-state index contributed by atoms with van der Waals surface area (Å²) < 4.78 is 7.66. The summed E-state index contributed by atoms with van der Waals surface area (Å²) in [6.07, 6.45) is 0. The summed E-state index contributed by atoms with van der Waals surface area (Å²) in [5.74, 6) is 1.03. The van der Waals surface area contributed by atoms with Crippen LogP contribution in [-0.4, -0.2) is 0 Å². The Morgan fingerprint density at radius 1 is 1.00 bits per heavy atom. The number of hydrogen-bond acceptors (Lipinski definition) is 0. The van der Waals surface area contributed by atoms with E-state index < -0.39 is 0 Å². The molecule has 0 radical (unpaired) electrons. The van der Waals surface area contributed by atoms with E-state index in [4.69, 9.17) is 1.37 Å². The van der Waals surface area contributed by atoms with Crippen LogP contribution in [0, 0.1) is 0 Å². The molecule has 1 aromatic rings. The minimum atomic E-state index is 0.516. The van der Waals surface area contributed by atoms with E-state index in [1.807, 2.05) is 12.1 Å². The quantitative estimate of drug-likeness (QED) is 0.619. The lowest BCUT2D eigenvalue weighted by atomic mass is 9.96. The molecule has 0 saturated heterocycles. The topological polar surface area (TPSA) is 0 Å². The molecule has 1 rings (SSSR count). The van der Waals surface area contributed by atoms with Gasteiger partial charge in [-0.1, -0.05) is 51.9 Å². The average Bonchev–Trinajstić information content (AvgIpc) is 2.03. The van der Waals surface area contributed by atoms with Gasteiger partial charge in [-0.2, -0.15) is 0 Å². The van der Waals surface area contributed by atoms with Gasteiger partial charge in [0.2, 0.25) is 0 Å². The van der Waals surface area contributed by atoms with Crippen LogP contribution in [0.3, 0.4) is 0 Å². The van der Waals surface area contributed by atoms with Crippen molar-refractivity contribution < 1.29 is 1.37 Å². The molecule has 0 heterocycles. The lowest BCUT2D eigenvalue weighted by Crippen LogP contribution is -1.91. The largest absolute Gasteiger partial charge is 0.0623 e. The third-order valence-electron chi connectivity index (χ3n) is 2.17. The predicted octanol–water partition coefficient (Wildman–Crippen LogP) is 3.93. The Bertz CT molecular complexity index is 261. The second-order valence-electron chi connectivity index (χ2n) is 3.91. The van der Waals surface area contributed by atoms with Crippen LogP contribution in [0.5, 0.6) is 0 Å². The zero-order valence-corrected chi connectivity index (χ0v) is 8.39. The molecule has 0 aliphatic carbocycles. The van der Waals surface area contributed by atoms with Crippen LogP contribution in [-0.2, 0) is 0 Å². The van der Waals surface area contributed by atoms with Gasteiger partial charge in [0.1, 0.15) is 0 Å². The Kier molecular flexibility index (Phi) is 2.45. The molecule has 0 nitrogen and oxygen atoms in total. The normalized spacial score (nSPS) is 12.3. The van der Waals surface area contributed by atoms with E-state index >= 15 is 0 Å². The van der Waals surface area contributed by atoms with Gasteiger partial charge in [-0.25, -0.2) is 0 Å². The van der Waals surface area contributed by atoms with E-state index in [2.05, 4.69) is 33.8 Å². The lowest BCUT2D eigenvalue weighted by molar-refractivity contribution is 0.834. The van der Waals surface area contributed by atoms with Gasteiger partial charge in [-0.05, 0) is 23.0 Å². The van der Waals surface area contributed by atoms with Crippen LogP contribution in [0.4, 0.5) is 0 Å². The third-order valence-corrected chi connectivity index (χ3v) is 2.17. The highest BCUT2D eigenvalue weighted by Crippen LogP contribution is 2.20. The number of benzene rings is 1. The van der Waals surface area contributed by atoms with Crippen LogP contribution >= 0.6 is 0 Å². The summed E-state index contributed by atoms with van der Waals surface area (Å²) in [7, 11) is 0. The van der Waals surface area contributed by atoms with Gasteiger partial charge in [0.25, 0.3) is 0 Å². The van der Waals surface area contributed by atoms with Crippen molar-refractivity contribution in [2.75, 3.05) is 0 Å². The molecular formula is C12H18. The van der Waals surface area contributed by atoms with Crippen molar-refractivity contribution in [3.63, 3.8) is 0 Å². The maximum Gasteiger partial charge on any atom is 0.0623 e. The first-order chi connectivity index (χ1) is 6.00. The third kappa shape index (κ3) is 2.10. The van der Waals surface area contributed by atoms with Gasteiger partial charge in [0.15, 0.2) is 0 Å². The van der Waals surface area contributed by atoms with Crippen molar-refractivity contribution in [2.45, 2.75) is 39.5 Å². The molecule has 0 atom stereocenters. The Hall–Kier alpha value is -0.780. The van der Waals surface area contributed by atoms with Crippen molar-refractivity contribution in [3.8, 4) is 0 Å². The average molecular weight is 163 g/mol. The van der Waals surface area contributed by atoms with E-state index in [1.54, 1.807) is 0 Å². The van der Waals surface area contributed by atoms with Crippen molar-refractivity contribution >= 4 is 0 Å². The number of hydrogen-bond donors (Lipinski definition) is 0. The summed E-state index contributed by atoms with van der Waals surface area (Å²) >= 11 is 0. The zero-order valence-electron chi connectivity index (χ0n) is 9.39. The van der Waals surface area contributed by atoms with E-state index in [9.17, 15) is 0 Å². The van der Waals surface area contributed by atoms with Crippen molar-refractivity contribution in [1.82, 2.24) is 0 Å². The first-order valence-electron chi connectivity index (χ1n) is 5.12. The molecule has 0 bridgehead atoms. The van der Waals surface area contributed by atoms with Crippen molar-refractivity contribution in [2.24, 2.45) is 0 Å². The smallest absolute Gasteiger partial charge is 0.0617 e. The first kappa shape index (κ1) is 7.85. The Morgan fingerprint density at radius 2 is 1.42 bits per heavy atom. The molecule has 0 saturated carbocycles. The molecule has 0 aliphatic rings. The minimum Gasteiger partial charge on any atom is -0.0617 e. The van der Waals surface area contributed by atoms with E-state index in [0.29, 0.717) is 17.9 Å². The van der Waals surface area contributed by atoms with Gasteiger partial charge in [-0.15, -0.1) is 0 Å². The first-order valence-corrected chi connectivity index (χ1v) is 4.62. The highest BCUT2D eigenvalue weighted by Gasteiger charge is 2.02. The van der Waals surface area contributed by atoms with Crippen LogP contribution in [0.25, 0.3) is 0 Å². The molecule has 0 amide bonds. The van der Waals surface area contributed by atoms with Crippen LogP contribution in [0.2, 0.25) is 0 Å². The molecule has 0 spiro atoms. The van der Waals surface area contributed by atoms with Crippen molar-refractivity contribution in [3.05, 3.63) is 35.4 Å². The van der Waals surface area contributed by atoms with Gasteiger partial charge < -0.3 is 0 Å². The summed E-state index contributed by atoms with van der Waals surface area (Å²) in [4.78, 5) is 0. The van der Waals surface area contributed by atoms with Gasteiger partial charge >= 0.3 is 0 Å². The second-order valence-corrected chi connectivity index (χ2v) is 3.91. The molecule has 0 aromatic heterocycles. The van der Waals surface area contributed by atoms with Crippen LogP contribution < -0.4 is 0 Å². The second kappa shape index (κ2) is 3.75. The van der Waals surface area contributed by atoms with E-state index in [1.165, 1.54) is 11.1 Å². The summed E-state index contributed by atoms with van der Waals surface area (Å²) in [5, 5.41) is 0. The monoisotopic (exact) mass is 163 g/mol. The molecule has 0 N–H and O–H groups in total. The summed E-state index contributed by atoms with van der Waals surface area (Å²) in [6, 6.07) is 6.76. The molecule has 0 fully saturated rings. The summed E-state index contributed by atoms with van der Waals surface area (Å²) in [5.41, 5.74) is 2.55. The molecule has 12 heavy (non-hydrogen) atoms. The molecule has 1 aromatic carbocycles. The molecule has 0 aliphatic heterocycles. The Balaban J connectivity index is 3.11. The fourth-order valence-corrected chi connectivity index (χ4v) is 1.18. The maximum absolute atomic E-state index is 7.66. The van der Waals surface area contributed by atoms with Gasteiger partial charge in [0, 0.05) is 0 Å². The van der Waals surface area contributed by atoms with E-state index in [0.717, 1.165) is 0 Å². The standard InChI is InChI=1S/C12H18/c1-9(2)11-6-5-7-12(8-11)10(3)4/h5-10H,1-4H3/i5D. The van der Waals surface area contributed by atoms with Crippen molar-refractivity contribution in [1.29, 1.82) is 0 Å². The Labute approximate surface area is 77.0 Å². The number of rotatable bonds is 2. The molecule has 0 heteroatoms. The fourth-order valence-electron chi connectivity index (χ4n) is 1.18. The Morgan fingerprint density at radius 3 is 1.75 bits per heavy atom. The van der Waals surface area contributed by atoms with Crippen LogP contribution in [0.1, 0.15) is 52.0 Å². The predicted molar refractivity (Wildman–Crippen MR) is 54.6 cm³/mol. The highest BCUT2D eigenvalue weighted by atomic mass is 14.1. The van der Waals surface area contributed by atoms with Gasteiger partial charge in [-0.3, -0.25) is 0 Å². The van der Waals surface area contributed by atoms with Crippen LogP contribution in [0.15, 0.2) is 24.2 Å². The lowest BCUT2D eigenvalue weighted by Gasteiger charge is -2.09.